The van der Waals surface area contributed by atoms with Gasteiger partial charge in [-0.2, -0.15) is 0 Å². The summed E-state index contributed by atoms with van der Waals surface area (Å²) in [5.74, 6) is -3.92. The number of ether oxygens (including phenoxy) is 4. The van der Waals surface area contributed by atoms with Gasteiger partial charge in [-0.05, 0) is 0 Å². The first-order valence-corrected chi connectivity index (χ1v) is 7.13. The van der Waals surface area contributed by atoms with Crippen LogP contribution >= 0.6 is 0 Å². The zero-order valence-corrected chi connectivity index (χ0v) is 12.5. The minimum atomic E-state index is -1.28. The summed E-state index contributed by atoms with van der Waals surface area (Å²) in [5.41, 5.74) is 0. The minimum absolute atomic E-state index is 0.0190. The smallest absolute Gasteiger partial charge is 0.331 e. The van der Waals surface area contributed by atoms with Crippen molar-refractivity contribution in [2.24, 2.45) is 0 Å². The predicted molar refractivity (Wildman–Crippen MR) is 72.9 cm³/mol. The quantitative estimate of drug-likeness (QED) is 0.440. The Morgan fingerprint density at radius 3 is 2.04 bits per heavy atom. The zero-order chi connectivity index (χ0) is 17.7. The Kier molecular flexibility index (Phi) is 5.88. The molecule has 0 saturated carbocycles. The molecule has 0 bridgehead atoms. The van der Waals surface area contributed by atoms with E-state index in [1.807, 2.05) is 0 Å². The molecule has 24 heavy (non-hydrogen) atoms. The fourth-order valence-corrected chi connectivity index (χ4v) is 2.40. The van der Waals surface area contributed by atoms with Gasteiger partial charge in [0.2, 0.25) is 0 Å². The average molecular weight is 344 g/mol. The molecular weight excluding hydrogens is 328 g/mol. The topological polar surface area (TPSA) is 146 Å². The number of carbonyl (C=O) groups excluding carboxylic acids is 2. The second kappa shape index (κ2) is 7.88. The van der Waals surface area contributed by atoms with Gasteiger partial charge in [-0.1, -0.05) is 0 Å². The highest BCUT2D eigenvalue weighted by Crippen LogP contribution is 2.30. The largest absolute Gasteiger partial charge is 0.481 e. The molecule has 2 heterocycles. The highest BCUT2D eigenvalue weighted by atomic mass is 16.7. The van der Waals surface area contributed by atoms with E-state index in [-0.39, 0.29) is 26.1 Å². The van der Waals surface area contributed by atoms with Crippen LogP contribution in [0.2, 0.25) is 0 Å². The van der Waals surface area contributed by atoms with Crippen molar-refractivity contribution in [1.82, 2.24) is 0 Å². The summed E-state index contributed by atoms with van der Waals surface area (Å²) in [5, 5.41) is 17.0. The lowest BCUT2D eigenvalue weighted by Gasteiger charge is -2.16. The molecule has 0 aromatic carbocycles. The van der Waals surface area contributed by atoms with Crippen LogP contribution in [-0.2, 0) is 38.1 Å². The molecule has 0 aromatic heterocycles. The fourth-order valence-electron chi connectivity index (χ4n) is 2.40. The lowest BCUT2D eigenvalue weighted by Crippen LogP contribution is -2.35. The van der Waals surface area contributed by atoms with Crippen LogP contribution in [0, 0.1) is 0 Å². The SMILES string of the molecule is O=C(O)/C=C/C(=O)O[C@H]1CO[C@H]2[C@@H]1OC[C@H]2OC(=O)CCC(=O)O. The number of carboxylic acids is 2. The maximum atomic E-state index is 11.6. The molecule has 2 aliphatic rings. The van der Waals surface area contributed by atoms with Crippen molar-refractivity contribution >= 4 is 23.9 Å². The first-order chi connectivity index (χ1) is 11.4. The van der Waals surface area contributed by atoms with Gasteiger partial charge in [0.25, 0.3) is 0 Å². The van der Waals surface area contributed by atoms with E-state index in [0.717, 1.165) is 6.08 Å². The molecule has 2 rings (SSSR count). The summed E-state index contributed by atoms with van der Waals surface area (Å²) in [4.78, 5) is 43.8. The molecule has 0 amide bonds. The Labute approximate surface area is 135 Å². The van der Waals surface area contributed by atoms with Crippen LogP contribution in [0.15, 0.2) is 12.2 Å². The van der Waals surface area contributed by atoms with Crippen LogP contribution in [0.25, 0.3) is 0 Å². The number of hydrogen-bond acceptors (Lipinski definition) is 8. The van der Waals surface area contributed by atoms with Crippen molar-refractivity contribution in [3.63, 3.8) is 0 Å². The van der Waals surface area contributed by atoms with E-state index in [2.05, 4.69) is 0 Å². The van der Waals surface area contributed by atoms with Crippen LogP contribution in [0.5, 0.6) is 0 Å². The van der Waals surface area contributed by atoms with E-state index < -0.39 is 48.3 Å². The number of hydrogen-bond donors (Lipinski definition) is 2. The van der Waals surface area contributed by atoms with Crippen LogP contribution < -0.4 is 0 Å². The number of aliphatic carboxylic acids is 2. The number of fused-ring (bicyclic) bond motifs is 1. The number of rotatable bonds is 7. The summed E-state index contributed by atoms with van der Waals surface area (Å²) >= 11 is 0. The molecule has 132 valence electrons. The van der Waals surface area contributed by atoms with Crippen molar-refractivity contribution in [2.75, 3.05) is 13.2 Å². The van der Waals surface area contributed by atoms with Gasteiger partial charge >= 0.3 is 23.9 Å². The summed E-state index contributed by atoms with van der Waals surface area (Å²) < 4.78 is 21.0. The van der Waals surface area contributed by atoms with Crippen molar-refractivity contribution < 1.29 is 48.3 Å². The van der Waals surface area contributed by atoms with E-state index in [0.29, 0.717) is 6.08 Å². The number of carboxylic acid groups (broad SMARTS) is 2. The summed E-state index contributed by atoms with van der Waals surface area (Å²) in [6.45, 7) is 0.0539. The average Bonchev–Trinajstić information content (AvgIpc) is 3.07. The second-order valence-electron chi connectivity index (χ2n) is 5.16. The Morgan fingerprint density at radius 2 is 1.50 bits per heavy atom. The van der Waals surface area contributed by atoms with Gasteiger partial charge in [-0.15, -0.1) is 0 Å². The third-order valence-electron chi connectivity index (χ3n) is 3.42. The van der Waals surface area contributed by atoms with Crippen molar-refractivity contribution in [1.29, 1.82) is 0 Å². The van der Waals surface area contributed by atoms with Crippen LogP contribution in [0.3, 0.4) is 0 Å². The molecule has 0 spiro atoms. The van der Waals surface area contributed by atoms with E-state index in [1.165, 1.54) is 0 Å². The Morgan fingerprint density at radius 1 is 0.917 bits per heavy atom. The van der Waals surface area contributed by atoms with Crippen LogP contribution in [0.1, 0.15) is 12.8 Å². The van der Waals surface area contributed by atoms with Gasteiger partial charge in [0.05, 0.1) is 26.1 Å². The van der Waals surface area contributed by atoms with Crippen LogP contribution in [0.4, 0.5) is 0 Å². The predicted octanol–water partition coefficient (Wildman–Crippen LogP) is -0.887. The summed E-state index contributed by atoms with van der Waals surface area (Å²) in [7, 11) is 0. The molecule has 2 fully saturated rings. The van der Waals surface area contributed by atoms with Crippen molar-refractivity contribution in [3.05, 3.63) is 12.2 Å². The second-order valence-corrected chi connectivity index (χ2v) is 5.16. The van der Waals surface area contributed by atoms with Crippen molar-refractivity contribution in [3.8, 4) is 0 Å². The van der Waals surface area contributed by atoms with Crippen molar-refractivity contribution in [2.45, 2.75) is 37.3 Å². The maximum Gasteiger partial charge on any atom is 0.331 e. The third-order valence-corrected chi connectivity index (χ3v) is 3.42. The molecule has 2 aliphatic heterocycles. The third kappa shape index (κ3) is 4.77. The highest BCUT2D eigenvalue weighted by molar-refractivity contribution is 5.90. The van der Waals surface area contributed by atoms with E-state index in [4.69, 9.17) is 29.2 Å². The number of carbonyl (C=O) groups is 4. The molecular formula is C14H16O10. The molecule has 10 nitrogen and oxygen atoms in total. The van der Waals surface area contributed by atoms with Gasteiger partial charge in [0.15, 0.2) is 12.2 Å². The Bertz CT molecular complexity index is 554. The maximum absolute atomic E-state index is 11.6. The normalized spacial score (nSPS) is 28.5. The first kappa shape index (κ1) is 17.9. The van der Waals surface area contributed by atoms with Gasteiger partial charge in [0.1, 0.15) is 12.2 Å². The van der Waals surface area contributed by atoms with E-state index in [1.54, 1.807) is 0 Å². The fraction of sp³-hybridized carbons (Fsp3) is 0.571. The standard InChI is InChI=1S/C14H16O10/c15-9(16)1-3-11(19)23-7-5-21-14-8(6-22-13(7)14)24-12(20)4-2-10(17)18/h1,3,7-8,13-14H,2,4-6H2,(H,15,16)(H,17,18)/b3-1+/t7-,8+,13+,14+/m0/s1. The minimum Gasteiger partial charge on any atom is -0.481 e. The molecule has 0 aromatic rings. The molecule has 4 atom stereocenters. The highest BCUT2D eigenvalue weighted by Gasteiger charge is 2.51. The first-order valence-electron chi connectivity index (χ1n) is 7.13. The summed E-state index contributed by atoms with van der Waals surface area (Å²) in [6.07, 6.45) is -1.89. The number of esters is 2. The van der Waals surface area contributed by atoms with E-state index in [9.17, 15) is 19.2 Å². The Hall–Kier alpha value is -2.46. The van der Waals surface area contributed by atoms with Crippen LogP contribution in [-0.4, -0.2) is 71.7 Å². The van der Waals surface area contributed by atoms with E-state index >= 15 is 0 Å². The molecule has 2 N–H and O–H groups in total. The molecule has 0 radical (unpaired) electrons. The lowest BCUT2D eigenvalue weighted by atomic mass is 10.1. The van der Waals surface area contributed by atoms with Gasteiger partial charge in [0, 0.05) is 12.2 Å². The molecule has 0 aliphatic carbocycles. The lowest BCUT2D eigenvalue weighted by molar-refractivity contribution is -0.156. The Balaban J connectivity index is 1.83. The molecule has 0 unspecified atom stereocenters. The molecule has 2 saturated heterocycles. The summed E-state index contributed by atoms with van der Waals surface area (Å²) in [6, 6.07) is 0. The molecule has 10 heteroatoms. The van der Waals surface area contributed by atoms with Gasteiger partial charge in [-0.25, -0.2) is 9.59 Å². The monoisotopic (exact) mass is 344 g/mol. The van der Waals surface area contributed by atoms with Gasteiger partial charge in [-0.3, -0.25) is 9.59 Å². The van der Waals surface area contributed by atoms with Gasteiger partial charge < -0.3 is 29.2 Å². The zero-order valence-electron chi connectivity index (χ0n) is 12.5.